The smallest absolute Gasteiger partial charge is 0.328 e. The van der Waals surface area contributed by atoms with Crippen LogP contribution in [0, 0.1) is 5.92 Å². The van der Waals surface area contributed by atoms with Crippen LogP contribution in [0.5, 0.6) is 0 Å². The fourth-order valence-electron chi connectivity index (χ4n) is 2.15. The molecule has 1 aromatic heterocycles. The van der Waals surface area contributed by atoms with Gasteiger partial charge in [0.15, 0.2) is 0 Å². The molecule has 0 aromatic carbocycles. The van der Waals surface area contributed by atoms with Crippen molar-refractivity contribution in [2.45, 2.75) is 39.2 Å². The molecule has 1 aromatic rings. The predicted molar refractivity (Wildman–Crippen MR) is 63.1 cm³/mol. The van der Waals surface area contributed by atoms with E-state index in [4.69, 9.17) is 5.73 Å². The second-order valence-electron chi connectivity index (χ2n) is 5.16. The van der Waals surface area contributed by atoms with Crippen LogP contribution in [0.4, 0.5) is 13.2 Å². The first-order valence-corrected chi connectivity index (χ1v) is 6.26. The van der Waals surface area contributed by atoms with E-state index in [9.17, 15) is 13.2 Å². The van der Waals surface area contributed by atoms with E-state index in [1.807, 2.05) is 13.8 Å². The Morgan fingerprint density at radius 3 is 2.53 bits per heavy atom. The Morgan fingerprint density at radius 2 is 1.95 bits per heavy atom. The molecule has 0 saturated carbocycles. The highest BCUT2D eigenvalue weighted by molar-refractivity contribution is 5.02. The maximum atomic E-state index is 12.7. The zero-order valence-electron chi connectivity index (χ0n) is 11.0. The normalized spacial score (nSPS) is 20.1. The van der Waals surface area contributed by atoms with E-state index in [0.717, 1.165) is 11.1 Å². The van der Waals surface area contributed by atoms with Gasteiger partial charge in [0.05, 0.1) is 6.54 Å². The minimum atomic E-state index is -4.44. The number of halogens is 3. The fourth-order valence-corrected chi connectivity index (χ4v) is 2.15. The number of hydrogen-bond donors (Lipinski definition) is 1. The lowest BCUT2D eigenvalue weighted by molar-refractivity contribution is -0.148. The molecule has 19 heavy (non-hydrogen) atoms. The molecule has 2 atom stereocenters. The summed E-state index contributed by atoms with van der Waals surface area (Å²) in [4.78, 5) is 2.07. The summed E-state index contributed by atoms with van der Waals surface area (Å²) in [6.45, 7) is 5.93. The third-order valence-electron chi connectivity index (χ3n) is 3.53. The molecule has 0 saturated heterocycles. The summed E-state index contributed by atoms with van der Waals surface area (Å²) in [6.07, 6.45) is -4.44. The average Bonchev–Trinajstić information content (AvgIpc) is 2.71. The van der Waals surface area contributed by atoms with Crippen LogP contribution in [-0.2, 0) is 19.3 Å². The monoisotopic (exact) mass is 277 g/mol. The standard InChI is InChI=1S/C11H18F3N5/c1-7(8(2)15)5-18-3-4-19-9(6-18)16-17-10(19)11(12,13)14/h7-8H,3-6,15H2,1-2H3. The zero-order valence-corrected chi connectivity index (χ0v) is 11.0. The number of rotatable bonds is 3. The summed E-state index contributed by atoms with van der Waals surface area (Å²) in [7, 11) is 0. The van der Waals surface area contributed by atoms with Gasteiger partial charge in [0.25, 0.3) is 0 Å². The van der Waals surface area contributed by atoms with Crippen LogP contribution in [0.15, 0.2) is 0 Å². The number of hydrogen-bond acceptors (Lipinski definition) is 4. The van der Waals surface area contributed by atoms with Crippen molar-refractivity contribution in [1.82, 2.24) is 19.7 Å². The lowest BCUT2D eigenvalue weighted by Gasteiger charge is -2.31. The molecule has 2 unspecified atom stereocenters. The third kappa shape index (κ3) is 3.06. The van der Waals surface area contributed by atoms with Gasteiger partial charge >= 0.3 is 6.18 Å². The van der Waals surface area contributed by atoms with Crippen molar-refractivity contribution in [2.75, 3.05) is 13.1 Å². The van der Waals surface area contributed by atoms with E-state index in [0.29, 0.717) is 18.9 Å². The molecule has 0 bridgehead atoms. The molecule has 8 heteroatoms. The maximum absolute atomic E-state index is 12.7. The SMILES string of the molecule is CC(N)C(C)CN1CCn2c(nnc2C(F)(F)F)C1. The molecule has 0 radical (unpaired) electrons. The molecule has 1 aliphatic rings. The van der Waals surface area contributed by atoms with Crippen LogP contribution in [0.25, 0.3) is 0 Å². The van der Waals surface area contributed by atoms with E-state index in [1.165, 1.54) is 0 Å². The van der Waals surface area contributed by atoms with Crippen molar-refractivity contribution in [3.63, 3.8) is 0 Å². The number of aromatic nitrogens is 3. The van der Waals surface area contributed by atoms with E-state index >= 15 is 0 Å². The Kier molecular flexibility index (Phi) is 3.82. The summed E-state index contributed by atoms with van der Waals surface area (Å²) in [5, 5.41) is 6.90. The molecule has 2 N–H and O–H groups in total. The summed E-state index contributed by atoms with van der Waals surface area (Å²) in [5.74, 6) is -0.241. The molecule has 2 heterocycles. The highest BCUT2D eigenvalue weighted by Crippen LogP contribution is 2.29. The topological polar surface area (TPSA) is 60.0 Å². The number of nitrogens with two attached hydrogens (primary N) is 1. The summed E-state index contributed by atoms with van der Waals surface area (Å²) in [5.41, 5.74) is 5.80. The van der Waals surface area contributed by atoms with Gasteiger partial charge in [-0.3, -0.25) is 4.90 Å². The van der Waals surface area contributed by atoms with Crippen LogP contribution < -0.4 is 5.73 Å². The van der Waals surface area contributed by atoms with Crippen LogP contribution in [0.1, 0.15) is 25.5 Å². The van der Waals surface area contributed by atoms with Gasteiger partial charge in [-0.1, -0.05) is 6.92 Å². The highest BCUT2D eigenvalue weighted by Gasteiger charge is 2.39. The number of fused-ring (bicyclic) bond motifs is 1. The fraction of sp³-hybridized carbons (Fsp3) is 0.818. The van der Waals surface area contributed by atoms with Crippen LogP contribution in [0.3, 0.4) is 0 Å². The lowest BCUT2D eigenvalue weighted by Crippen LogP contribution is -2.41. The molecule has 2 rings (SSSR count). The molecule has 0 amide bonds. The molecule has 0 aliphatic carbocycles. The van der Waals surface area contributed by atoms with Crippen molar-refractivity contribution in [2.24, 2.45) is 11.7 Å². The Hall–Kier alpha value is -1.15. The first-order valence-electron chi connectivity index (χ1n) is 6.26. The van der Waals surface area contributed by atoms with E-state index < -0.39 is 12.0 Å². The van der Waals surface area contributed by atoms with Crippen molar-refractivity contribution in [3.05, 3.63) is 11.6 Å². The van der Waals surface area contributed by atoms with Crippen molar-refractivity contribution in [3.8, 4) is 0 Å². The molecular weight excluding hydrogens is 259 g/mol. The third-order valence-corrected chi connectivity index (χ3v) is 3.53. The predicted octanol–water partition coefficient (Wildman–Crippen LogP) is 1.10. The summed E-state index contributed by atoms with van der Waals surface area (Å²) >= 11 is 0. The number of nitrogens with zero attached hydrogens (tertiary/aromatic N) is 4. The quantitative estimate of drug-likeness (QED) is 0.898. The van der Waals surface area contributed by atoms with Gasteiger partial charge in [-0.05, 0) is 12.8 Å². The van der Waals surface area contributed by atoms with Gasteiger partial charge in [-0.2, -0.15) is 13.2 Å². The second-order valence-corrected chi connectivity index (χ2v) is 5.16. The molecule has 108 valence electrons. The number of alkyl halides is 3. The second kappa shape index (κ2) is 5.09. The Balaban J connectivity index is 2.08. The van der Waals surface area contributed by atoms with Crippen LogP contribution in [-0.4, -0.2) is 38.8 Å². The Labute approximate surface area is 109 Å². The van der Waals surface area contributed by atoms with Gasteiger partial charge in [0, 0.05) is 25.7 Å². The van der Waals surface area contributed by atoms with Crippen LogP contribution >= 0.6 is 0 Å². The minimum absolute atomic E-state index is 0.0607. The van der Waals surface area contributed by atoms with E-state index in [1.54, 1.807) is 0 Å². The lowest BCUT2D eigenvalue weighted by atomic mass is 10.0. The first-order chi connectivity index (χ1) is 8.79. The van der Waals surface area contributed by atoms with Gasteiger partial charge in [0.1, 0.15) is 5.82 Å². The van der Waals surface area contributed by atoms with Gasteiger partial charge < -0.3 is 10.3 Å². The van der Waals surface area contributed by atoms with Crippen molar-refractivity contribution >= 4 is 0 Å². The van der Waals surface area contributed by atoms with Gasteiger partial charge in [0.2, 0.25) is 5.82 Å². The molecule has 1 aliphatic heterocycles. The zero-order chi connectivity index (χ0) is 14.2. The minimum Gasteiger partial charge on any atom is -0.328 e. The average molecular weight is 277 g/mol. The van der Waals surface area contributed by atoms with Crippen molar-refractivity contribution in [1.29, 1.82) is 0 Å². The molecular formula is C11H18F3N5. The molecule has 0 fully saturated rings. The first kappa shape index (κ1) is 14.3. The van der Waals surface area contributed by atoms with Crippen LogP contribution in [0.2, 0.25) is 0 Å². The molecule has 0 spiro atoms. The highest BCUT2D eigenvalue weighted by atomic mass is 19.4. The summed E-state index contributed by atoms with van der Waals surface area (Å²) < 4.78 is 39.2. The largest absolute Gasteiger partial charge is 0.451 e. The summed E-state index contributed by atoms with van der Waals surface area (Å²) in [6, 6.07) is 0.0607. The van der Waals surface area contributed by atoms with E-state index in [2.05, 4.69) is 15.1 Å². The molecule has 5 nitrogen and oxygen atoms in total. The maximum Gasteiger partial charge on any atom is 0.451 e. The van der Waals surface area contributed by atoms with Gasteiger partial charge in [-0.25, -0.2) is 0 Å². The Bertz CT molecular complexity index is 440. The van der Waals surface area contributed by atoms with Crippen molar-refractivity contribution < 1.29 is 13.2 Å². The van der Waals surface area contributed by atoms with E-state index in [-0.39, 0.29) is 18.5 Å². The Morgan fingerprint density at radius 1 is 1.26 bits per heavy atom. The van der Waals surface area contributed by atoms with Gasteiger partial charge in [-0.15, -0.1) is 10.2 Å².